The van der Waals surface area contributed by atoms with Crippen LogP contribution < -0.4 is 9.80 Å². The lowest BCUT2D eigenvalue weighted by molar-refractivity contribution is -0.123. The zero-order valence-corrected chi connectivity index (χ0v) is 24.6. The molecule has 5 aliphatic rings. The second kappa shape index (κ2) is 10.2. The number of morpholine rings is 1. The van der Waals surface area contributed by atoms with Crippen LogP contribution in [0.1, 0.15) is 42.4 Å². The first-order chi connectivity index (χ1) is 20.7. The highest BCUT2D eigenvalue weighted by Crippen LogP contribution is 2.55. The Labute approximate surface area is 250 Å². The number of benzene rings is 2. The quantitative estimate of drug-likeness (QED) is 0.325. The molecule has 2 aromatic carbocycles. The Balaban J connectivity index is 1.28. The third-order valence-electron chi connectivity index (χ3n) is 9.89. The van der Waals surface area contributed by atoms with E-state index in [2.05, 4.69) is 4.90 Å². The van der Waals surface area contributed by atoms with E-state index in [1.807, 2.05) is 56.3 Å². The van der Waals surface area contributed by atoms with Crippen molar-refractivity contribution in [3.05, 3.63) is 87.5 Å². The first-order valence-electron chi connectivity index (χ1n) is 15.0. The molecule has 4 atom stereocenters. The van der Waals surface area contributed by atoms with Crippen LogP contribution >= 0.6 is 0 Å². The van der Waals surface area contributed by atoms with E-state index in [-0.39, 0.29) is 35.6 Å². The predicted octanol–water partition coefficient (Wildman–Crippen LogP) is 4.48. The van der Waals surface area contributed by atoms with Gasteiger partial charge in [-0.1, -0.05) is 23.8 Å². The van der Waals surface area contributed by atoms with Gasteiger partial charge < -0.3 is 14.7 Å². The number of allylic oxidation sites excluding steroid dienone is 6. The van der Waals surface area contributed by atoms with Gasteiger partial charge in [-0.2, -0.15) is 0 Å². The lowest BCUT2D eigenvalue weighted by Crippen LogP contribution is -2.39. The second-order valence-corrected chi connectivity index (χ2v) is 12.4. The van der Waals surface area contributed by atoms with Crippen molar-refractivity contribution < 1.29 is 29.0 Å². The minimum atomic E-state index is -0.628. The summed E-state index contributed by atoms with van der Waals surface area (Å²) in [5.41, 5.74) is 5.90. The molecule has 2 saturated heterocycles. The van der Waals surface area contributed by atoms with E-state index in [9.17, 15) is 24.3 Å². The third-order valence-corrected chi connectivity index (χ3v) is 9.89. The van der Waals surface area contributed by atoms with Crippen LogP contribution in [-0.2, 0) is 23.9 Å². The number of Topliss-reactive ketones (excluding diaryl/α,β-unsaturated/α-hetero) is 1. The van der Waals surface area contributed by atoms with Crippen LogP contribution in [0.25, 0.3) is 0 Å². The summed E-state index contributed by atoms with van der Waals surface area (Å²) in [5.74, 6) is -2.75. The monoisotopic (exact) mass is 578 g/mol. The fourth-order valence-corrected chi connectivity index (χ4v) is 7.81. The Bertz CT molecular complexity index is 1670. The Morgan fingerprint density at radius 2 is 1.51 bits per heavy atom. The maximum Gasteiger partial charge on any atom is 0.238 e. The van der Waals surface area contributed by atoms with Crippen LogP contribution in [0.2, 0.25) is 0 Å². The molecule has 220 valence electrons. The summed E-state index contributed by atoms with van der Waals surface area (Å²) in [6.45, 7) is 8.17. The van der Waals surface area contributed by atoms with Gasteiger partial charge in [0.1, 0.15) is 5.75 Å². The smallest absolute Gasteiger partial charge is 0.238 e. The number of carbonyl (C=O) groups excluding carboxylic acids is 4. The molecule has 0 unspecified atom stereocenters. The third kappa shape index (κ3) is 4.22. The zero-order valence-electron chi connectivity index (χ0n) is 24.6. The van der Waals surface area contributed by atoms with Gasteiger partial charge in [-0.3, -0.25) is 24.1 Å². The van der Waals surface area contributed by atoms with E-state index in [4.69, 9.17) is 4.74 Å². The van der Waals surface area contributed by atoms with Gasteiger partial charge in [0.05, 0.1) is 30.7 Å². The lowest BCUT2D eigenvalue weighted by atomic mass is 9.59. The van der Waals surface area contributed by atoms with Crippen LogP contribution in [0.3, 0.4) is 0 Å². The van der Waals surface area contributed by atoms with Crippen molar-refractivity contribution in [3.8, 4) is 5.75 Å². The number of amides is 2. The van der Waals surface area contributed by atoms with Gasteiger partial charge >= 0.3 is 0 Å². The van der Waals surface area contributed by atoms with Gasteiger partial charge in [-0.05, 0) is 86.6 Å². The molecule has 43 heavy (non-hydrogen) atoms. The molecule has 2 aliphatic heterocycles. The molecular weight excluding hydrogens is 544 g/mol. The van der Waals surface area contributed by atoms with Crippen molar-refractivity contribution in [1.29, 1.82) is 0 Å². The fourth-order valence-electron chi connectivity index (χ4n) is 7.81. The fraction of sp³-hybridized carbons (Fsp3) is 0.371. The van der Waals surface area contributed by atoms with Crippen LogP contribution in [0.5, 0.6) is 5.75 Å². The van der Waals surface area contributed by atoms with Crippen molar-refractivity contribution in [2.24, 2.45) is 17.8 Å². The molecular formula is C35H34N2O6. The number of imide groups is 1. The molecule has 2 amide bonds. The minimum Gasteiger partial charge on any atom is -0.507 e. The number of rotatable bonds is 3. The Morgan fingerprint density at radius 1 is 0.860 bits per heavy atom. The van der Waals surface area contributed by atoms with Crippen molar-refractivity contribution in [1.82, 2.24) is 0 Å². The number of hydrogen-bond acceptors (Lipinski definition) is 7. The molecule has 1 N–H and O–H groups in total. The molecule has 3 aliphatic carbocycles. The number of carbonyl (C=O) groups is 4. The number of hydrogen-bond donors (Lipinski definition) is 1. The first-order valence-corrected chi connectivity index (χ1v) is 15.0. The zero-order chi connectivity index (χ0) is 30.2. The van der Waals surface area contributed by atoms with Crippen LogP contribution in [-0.4, -0.2) is 54.8 Å². The second-order valence-electron chi connectivity index (χ2n) is 12.4. The molecule has 2 fully saturated rings. The highest BCUT2D eigenvalue weighted by Gasteiger charge is 2.56. The molecule has 0 spiro atoms. The summed E-state index contributed by atoms with van der Waals surface area (Å²) in [6.07, 6.45) is 4.06. The van der Waals surface area contributed by atoms with Crippen LogP contribution in [0.4, 0.5) is 11.4 Å². The molecule has 7 rings (SSSR count). The lowest BCUT2D eigenvalue weighted by Gasteiger charge is -2.42. The van der Waals surface area contributed by atoms with Gasteiger partial charge in [0, 0.05) is 41.4 Å². The topological polar surface area (TPSA) is 104 Å². The number of aryl methyl sites for hydroxylation is 2. The summed E-state index contributed by atoms with van der Waals surface area (Å²) >= 11 is 0. The van der Waals surface area contributed by atoms with E-state index in [0.29, 0.717) is 53.2 Å². The van der Waals surface area contributed by atoms with Crippen LogP contribution in [0, 0.1) is 31.6 Å². The summed E-state index contributed by atoms with van der Waals surface area (Å²) in [4.78, 5) is 58.6. The van der Waals surface area contributed by atoms with Gasteiger partial charge in [-0.25, -0.2) is 0 Å². The standard InChI is InChI=1S/C35H34N2O6/c1-18-14-21(15-19(2)32(18)39)29-24-8-9-25-30(26(24)17-27-31(29)28(38)16-20(3)33(27)40)35(42)37(34(25)41)23-6-4-22(5-7-23)36-10-12-43-13-11-36/h4-8,14-16,25-26,29-30,39H,9-13,17H2,1-3H3/t25-,26+,29-,30-/m0/s1. The maximum absolute atomic E-state index is 14.2. The van der Waals surface area contributed by atoms with E-state index in [1.54, 1.807) is 6.92 Å². The highest BCUT2D eigenvalue weighted by molar-refractivity contribution is 6.25. The minimum absolute atomic E-state index is 0.180. The Hall–Kier alpha value is -4.30. The van der Waals surface area contributed by atoms with E-state index >= 15 is 0 Å². The molecule has 0 bridgehead atoms. The van der Waals surface area contributed by atoms with Gasteiger partial charge in [0.2, 0.25) is 11.8 Å². The van der Waals surface area contributed by atoms with Crippen molar-refractivity contribution in [3.63, 3.8) is 0 Å². The Kier molecular flexibility index (Phi) is 6.50. The van der Waals surface area contributed by atoms with Crippen molar-refractivity contribution >= 4 is 34.8 Å². The van der Waals surface area contributed by atoms with Crippen LogP contribution in [0.15, 0.2) is 70.8 Å². The number of ketones is 2. The molecule has 2 aromatic rings. The number of anilines is 2. The van der Waals surface area contributed by atoms with Crippen molar-refractivity contribution in [2.75, 3.05) is 36.1 Å². The molecule has 8 heteroatoms. The largest absolute Gasteiger partial charge is 0.507 e. The molecule has 0 aromatic heterocycles. The summed E-state index contributed by atoms with van der Waals surface area (Å²) in [7, 11) is 0. The highest BCUT2D eigenvalue weighted by atomic mass is 16.5. The average Bonchev–Trinajstić information content (AvgIpc) is 3.27. The summed E-state index contributed by atoms with van der Waals surface area (Å²) in [6, 6.07) is 11.3. The van der Waals surface area contributed by atoms with Crippen molar-refractivity contribution in [2.45, 2.75) is 39.5 Å². The number of phenols is 1. The molecule has 8 nitrogen and oxygen atoms in total. The summed E-state index contributed by atoms with van der Waals surface area (Å²) in [5, 5.41) is 10.5. The number of ether oxygens (including phenoxy) is 1. The van der Waals surface area contributed by atoms with Gasteiger partial charge in [0.25, 0.3) is 0 Å². The summed E-state index contributed by atoms with van der Waals surface area (Å²) < 4.78 is 5.45. The molecule has 0 radical (unpaired) electrons. The molecule has 0 saturated carbocycles. The normalized spacial score (nSPS) is 27.1. The van der Waals surface area contributed by atoms with Gasteiger partial charge in [0.15, 0.2) is 11.6 Å². The number of aromatic hydroxyl groups is 1. The Morgan fingerprint density at radius 3 is 2.19 bits per heavy atom. The number of nitrogens with zero attached hydrogens (tertiary/aromatic N) is 2. The van der Waals surface area contributed by atoms with E-state index in [0.717, 1.165) is 29.9 Å². The SMILES string of the molecule is CC1=CC(=O)C2=C(C[C@@H]3C(=CC[C@@H]4C(=O)N(c5ccc(N6CCOCC6)cc5)C(=O)[C@@H]43)[C@@H]2c2cc(C)c(O)c(C)c2)C1=O. The van der Waals surface area contributed by atoms with Gasteiger partial charge in [-0.15, -0.1) is 0 Å². The predicted molar refractivity (Wildman–Crippen MR) is 161 cm³/mol. The number of phenolic OH excluding ortho intramolecular Hbond substituents is 1. The van der Waals surface area contributed by atoms with E-state index in [1.165, 1.54) is 11.0 Å². The first kappa shape index (κ1) is 27.5. The average molecular weight is 579 g/mol. The number of fused-ring (bicyclic) bond motifs is 3. The molecule has 2 heterocycles. The maximum atomic E-state index is 14.2. The van der Waals surface area contributed by atoms with E-state index < -0.39 is 23.7 Å².